The van der Waals surface area contributed by atoms with E-state index in [0.29, 0.717) is 12.1 Å². The van der Waals surface area contributed by atoms with Crippen LogP contribution in [0.15, 0.2) is 34.9 Å². The van der Waals surface area contributed by atoms with Crippen molar-refractivity contribution in [3.63, 3.8) is 0 Å². The average molecular weight is 349 g/mol. The van der Waals surface area contributed by atoms with Crippen LogP contribution in [0.4, 0.5) is 0 Å². The highest BCUT2D eigenvalue weighted by molar-refractivity contribution is 9.10. The van der Waals surface area contributed by atoms with Crippen molar-refractivity contribution in [2.24, 2.45) is 0 Å². The van der Waals surface area contributed by atoms with E-state index in [1.807, 2.05) is 6.20 Å². The van der Waals surface area contributed by atoms with Crippen LogP contribution in [0.2, 0.25) is 0 Å². The number of H-pyrrole nitrogens is 1. The predicted molar refractivity (Wildman–Crippen MR) is 89.1 cm³/mol. The van der Waals surface area contributed by atoms with Gasteiger partial charge >= 0.3 is 0 Å². The lowest BCUT2D eigenvalue weighted by atomic mass is 10.1. The summed E-state index contributed by atoms with van der Waals surface area (Å²) >= 11 is 3.46. The second-order valence-electron chi connectivity index (χ2n) is 5.84. The van der Waals surface area contributed by atoms with Gasteiger partial charge in [-0.3, -0.25) is 4.90 Å². The maximum atomic E-state index is 4.54. The molecule has 2 unspecified atom stereocenters. The Bertz CT molecular complexity index is 593. The van der Waals surface area contributed by atoms with Gasteiger partial charge in [-0.15, -0.1) is 0 Å². The van der Waals surface area contributed by atoms with E-state index >= 15 is 0 Å². The normalized spacial score (nSPS) is 23.4. The predicted octanol–water partition coefficient (Wildman–Crippen LogP) is 3.02. The van der Waals surface area contributed by atoms with Gasteiger partial charge in [0.15, 0.2) is 0 Å². The monoisotopic (exact) mass is 348 g/mol. The molecule has 1 saturated heterocycles. The first kappa shape index (κ1) is 14.8. The van der Waals surface area contributed by atoms with Crippen molar-refractivity contribution < 1.29 is 0 Å². The fourth-order valence-electron chi connectivity index (χ4n) is 2.73. The standard InChI is InChI=1S/C16H21BrN4/c1-11-9-21(12(2)7-18-11)10-16-19-8-15(20-16)13-3-5-14(17)6-4-13/h3-6,8,11-12,18H,7,9-10H2,1-2H3,(H,19,20). The van der Waals surface area contributed by atoms with Gasteiger partial charge in [0.2, 0.25) is 0 Å². The molecule has 1 aromatic heterocycles. The smallest absolute Gasteiger partial charge is 0.120 e. The number of aromatic amines is 1. The summed E-state index contributed by atoms with van der Waals surface area (Å²) in [6.07, 6.45) is 1.93. The zero-order valence-corrected chi connectivity index (χ0v) is 14.0. The maximum Gasteiger partial charge on any atom is 0.120 e. The van der Waals surface area contributed by atoms with Crippen molar-refractivity contribution in [3.05, 3.63) is 40.8 Å². The van der Waals surface area contributed by atoms with Gasteiger partial charge in [0.25, 0.3) is 0 Å². The number of hydrogen-bond acceptors (Lipinski definition) is 3. The number of piperazine rings is 1. The highest BCUT2D eigenvalue weighted by Crippen LogP contribution is 2.20. The number of imidazole rings is 1. The van der Waals surface area contributed by atoms with Crippen LogP contribution >= 0.6 is 15.9 Å². The van der Waals surface area contributed by atoms with Crippen molar-refractivity contribution in [2.45, 2.75) is 32.5 Å². The summed E-state index contributed by atoms with van der Waals surface area (Å²) in [4.78, 5) is 10.5. The van der Waals surface area contributed by atoms with Crippen LogP contribution in [0.25, 0.3) is 11.3 Å². The molecular formula is C16H21BrN4. The molecule has 112 valence electrons. The highest BCUT2D eigenvalue weighted by atomic mass is 79.9. The molecule has 0 aliphatic carbocycles. The summed E-state index contributed by atoms with van der Waals surface area (Å²) in [5.74, 6) is 1.04. The van der Waals surface area contributed by atoms with E-state index in [1.54, 1.807) is 0 Å². The van der Waals surface area contributed by atoms with E-state index in [9.17, 15) is 0 Å². The maximum absolute atomic E-state index is 4.54. The van der Waals surface area contributed by atoms with Crippen LogP contribution in [0, 0.1) is 0 Å². The number of benzene rings is 1. The number of nitrogens with zero attached hydrogens (tertiary/aromatic N) is 2. The quantitative estimate of drug-likeness (QED) is 0.895. The lowest BCUT2D eigenvalue weighted by molar-refractivity contribution is 0.136. The molecule has 2 atom stereocenters. The number of halogens is 1. The summed E-state index contributed by atoms with van der Waals surface area (Å²) in [6, 6.07) is 9.38. The molecule has 2 heterocycles. The summed E-state index contributed by atoms with van der Waals surface area (Å²) < 4.78 is 1.09. The Morgan fingerprint density at radius 1 is 1.29 bits per heavy atom. The fraction of sp³-hybridized carbons (Fsp3) is 0.438. The van der Waals surface area contributed by atoms with Gasteiger partial charge in [0.05, 0.1) is 18.4 Å². The van der Waals surface area contributed by atoms with Crippen molar-refractivity contribution in [1.29, 1.82) is 0 Å². The molecule has 1 fully saturated rings. The SMILES string of the molecule is CC1CN(Cc2ncc(-c3ccc(Br)cc3)[nH]2)C(C)CN1. The molecule has 3 rings (SSSR count). The Hall–Kier alpha value is -1.17. The minimum Gasteiger partial charge on any atom is -0.341 e. The van der Waals surface area contributed by atoms with Crippen LogP contribution < -0.4 is 5.32 Å². The van der Waals surface area contributed by atoms with E-state index in [0.717, 1.165) is 35.6 Å². The Morgan fingerprint density at radius 2 is 2.05 bits per heavy atom. The van der Waals surface area contributed by atoms with Crippen LogP contribution in [-0.2, 0) is 6.54 Å². The average Bonchev–Trinajstić information content (AvgIpc) is 2.92. The number of rotatable bonds is 3. The summed E-state index contributed by atoms with van der Waals surface area (Å²) in [7, 11) is 0. The Kier molecular flexibility index (Phi) is 4.42. The lowest BCUT2D eigenvalue weighted by Crippen LogP contribution is -2.53. The molecular weight excluding hydrogens is 328 g/mol. The van der Waals surface area contributed by atoms with Crippen molar-refractivity contribution >= 4 is 15.9 Å². The minimum atomic E-state index is 0.544. The van der Waals surface area contributed by atoms with Gasteiger partial charge in [-0.1, -0.05) is 28.1 Å². The zero-order chi connectivity index (χ0) is 14.8. The molecule has 5 heteroatoms. The molecule has 21 heavy (non-hydrogen) atoms. The molecule has 0 amide bonds. The number of nitrogens with one attached hydrogen (secondary N) is 2. The van der Waals surface area contributed by atoms with Gasteiger partial charge in [0.1, 0.15) is 5.82 Å². The third-order valence-electron chi connectivity index (χ3n) is 4.03. The van der Waals surface area contributed by atoms with E-state index in [-0.39, 0.29) is 0 Å². The first-order valence-electron chi connectivity index (χ1n) is 7.39. The molecule has 0 bridgehead atoms. The Morgan fingerprint density at radius 3 is 2.81 bits per heavy atom. The van der Waals surface area contributed by atoms with Crippen LogP contribution in [0.3, 0.4) is 0 Å². The molecule has 0 radical (unpaired) electrons. The van der Waals surface area contributed by atoms with Crippen LogP contribution in [0.5, 0.6) is 0 Å². The summed E-state index contributed by atoms with van der Waals surface area (Å²) in [5, 5.41) is 3.51. The molecule has 1 aliphatic rings. The van der Waals surface area contributed by atoms with Gasteiger partial charge < -0.3 is 10.3 Å². The molecule has 2 aromatic rings. The van der Waals surface area contributed by atoms with Crippen molar-refractivity contribution in [2.75, 3.05) is 13.1 Å². The van der Waals surface area contributed by atoms with Gasteiger partial charge in [-0.2, -0.15) is 0 Å². The Labute approximate surface area is 134 Å². The molecule has 1 aliphatic heterocycles. The van der Waals surface area contributed by atoms with Crippen molar-refractivity contribution in [1.82, 2.24) is 20.2 Å². The second-order valence-corrected chi connectivity index (χ2v) is 6.75. The van der Waals surface area contributed by atoms with Gasteiger partial charge in [-0.05, 0) is 31.5 Å². The molecule has 4 nitrogen and oxygen atoms in total. The van der Waals surface area contributed by atoms with Crippen LogP contribution in [0.1, 0.15) is 19.7 Å². The number of aromatic nitrogens is 2. The summed E-state index contributed by atoms with van der Waals surface area (Å²) in [5.41, 5.74) is 2.24. The third-order valence-corrected chi connectivity index (χ3v) is 4.56. The van der Waals surface area contributed by atoms with E-state index in [4.69, 9.17) is 0 Å². The van der Waals surface area contributed by atoms with E-state index in [1.165, 1.54) is 5.56 Å². The molecule has 0 saturated carbocycles. The largest absolute Gasteiger partial charge is 0.341 e. The Balaban J connectivity index is 1.71. The highest BCUT2D eigenvalue weighted by Gasteiger charge is 2.23. The first-order valence-corrected chi connectivity index (χ1v) is 8.18. The lowest BCUT2D eigenvalue weighted by Gasteiger charge is -2.36. The minimum absolute atomic E-state index is 0.544. The second kappa shape index (κ2) is 6.30. The number of hydrogen-bond donors (Lipinski definition) is 2. The zero-order valence-electron chi connectivity index (χ0n) is 12.4. The van der Waals surface area contributed by atoms with Gasteiger partial charge in [-0.25, -0.2) is 4.98 Å². The molecule has 0 spiro atoms. The van der Waals surface area contributed by atoms with Crippen molar-refractivity contribution in [3.8, 4) is 11.3 Å². The van der Waals surface area contributed by atoms with E-state index < -0.39 is 0 Å². The molecule has 1 aromatic carbocycles. The van der Waals surface area contributed by atoms with Gasteiger partial charge in [0, 0.05) is 29.6 Å². The topological polar surface area (TPSA) is 44.0 Å². The molecule has 2 N–H and O–H groups in total. The third kappa shape index (κ3) is 3.54. The fourth-order valence-corrected chi connectivity index (χ4v) is 2.99. The summed E-state index contributed by atoms with van der Waals surface area (Å²) in [6.45, 7) is 7.48. The van der Waals surface area contributed by atoms with Crippen LogP contribution in [-0.4, -0.2) is 40.0 Å². The van der Waals surface area contributed by atoms with E-state index in [2.05, 4.69) is 74.2 Å². The first-order chi connectivity index (χ1) is 10.1.